The number of nitriles is 1. The smallest absolute Gasteiger partial charge is 0.338 e. The van der Waals surface area contributed by atoms with Gasteiger partial charge in [0, 0.05) is 24.1 Å². The molecule has 12 heteroatoms. The average Bonchev–Trinajstić information content (AvgIpc) is 3.01. The number of hydrogen-bond acceptors (Lipinski definition) is 12. The van der Waals surface area contributed by atoms with E-state index in [1.165, 1.54) is 18.2 Å². The Labute approximate surface area is 241 Å². The van der Waals surface area contributed by atoms with E-state index in [0.29, 0.717) is 5.56 Å². The van der Waals surface area contributed by atoms with Crippen LogP contribution in [0.25, 0.3) is 6.08 Å². The molecule has 2 aromatic carbocycles. The number of allylic oxidation sites excluding steroid dienone is 1. The highest BCUT2D eigenvalue weighted by molar-refractivity contribution is 5.89. The van der Waals surface area contributed by atoms with E-state index < -0.39 is 73.7 Å². The van der Waals surface area contributed by atoms with E-state index in [1.807, 2.05) is 6.07 Å². The minimum atomic E-state index is -1.78. The van der Waals surface area contributed by atoms with Gasteiger partial charge in [0.05, 0.1) is 24.3 Å². The van der Waals surface area contributed by atoms with Gasteiger partial charge in [0.25, 0.3) is 0 Å². The van der Waals surface area contributed by atoms with E-state index in [2.05, 4.69) is 0 Å². The molecule has 1 saturated heterocycles. The van der Waals surface area contributed by atoms with Crippen molar-refractivity contribution in [2.24, 2.45) is 0 Å². The van der Waals surface area contributed by atoms with Crippen molar-refractivity contribution in [2.45, 2.75) is 61.5 Å². The molecule has 1 aliphatic heterocycles. The Hall–Kier alpha value is -3.93. The van der Waals surface area contributed by atoms with Gasteiger partial charge in [-0.1, -0.05) is 48.5 Å². The van der Waals surface area contributed by atoms with Crippen LogP contribution in [0.5, 0.6) is 0 Å². The first-order chi connectivity index (χ1) is 20.2. The van der Waals surface area contributed by atoms with Gasteiger partial charge in [-0.3, -0.25) is 0 Å². The lowest BCUT2D eigenvalue weighted by atomic mass is 9.84. The first-order valence-corrected chi connectivity index (χ1v) is 13.2. The molecule has 0 amide bonds. The fourth-order valence-electron chi connectivity index (χ4n) is 4.72. The van der Waals surface area contributed by atoms with E-state index in [1.54, 1.807) is 48.5 Å². The maximum atomic E-state index is 12.9. The molecule has 0 radical (unpaired) electrons. The Morgan fingerprint density at radius 1 is 0.929 bits per heavy atom. The molecule has 2 aromatic rings. The lowest BCUT2D eigenvalue weighted by molar-refractivity contribution is -0.312. The van der Waals surface area contributed by atoms with Gasteiger partial charge in [-0.25, -0.2) is 9.59 Å². The molecule has 1 heterocycles. The van der Waals surface area contributed by atoms with Crippen molar-refractivity contribution in [3.63, 3.8) is 0 Å². The molecule has 9 atom stereocenters. The van der Waals surface area contributed by atoms with E-state index >= 15 is 0 Å². The summed E-state index contributed by atoms with van der Waals surface area (Å²) in [5.41, 5.74) is 0.856. The zero-order valence-corrected chi connectivity index (χ0v) is 22.2. The topological polar surface area (TPSA) is 196 Å². The molecule has 0 unspecified atom stereocenters. The maximum absolute atomic E-state index is 12.9. The quantitative estimate of drug-likeness (QED) is 0.162. The molecular weight excluding hydrogens is 550 g/mol. The van der Waals surface area contributed by atoms with Gasteiger partial charge in [-0.15, -0.1) is 0 Å². The highest BCUT2D eigenvalue weighted by Crippen LogP contribution is 2.35. The van der Waals surface area contributed by atoms with Crippen molar-refractivity contribution in [1.29, 1.82) is 5.26 Å². The van der Waals surface area contributed by atoms with Gasteiger partial charge in [-0.2, -0.15) is 5.26 Å². The lowest BCUT2D eigenvalue weighted by Crippen LogP contribution is -2.61. The monoisotopic (exact) mass is 581 g/mol. The van der Waals surface area contributed by atoms with Crippen LogP contribution in [0.1, 0.15) is 22.3 Å². The number of aliphatic hydroxyl groups is 5. The minimum absolute atomic E-state index is 0.0320. The number of aliphatic hydroxyl groups excluding tert-OH is 5. The Bertz CT molecular complexity index is 1310. The molecule has 1 saturated carbocycles. The van der Waals surface area contributed by atoms with Gasteiger partial charge in [-0.05, 0) is 23.8 Å². The number of carbonyl (C=O) groups is 2. The van der Waals surface area contributed by atoms with Crippen LogP contribution in [0, 0.1) is 11.3 Å². The number of carbonyl (C=O) groups excluding carboxylic acids is 2. The highest BCUT2D eigenvalue weighted by Gasteiger charge is 2.49. The lowest BCUT2D eigenvalue weighted by Gasteiger charge is -2.44. The van der Waals surface area contributed by atoms with E-state index in [4.69, 9.17) is 18.9 Å². The van der Waals surface area contributed by atoms with Crippen LogP contribution in [0.3, 0.4) is 0 Å². The number of ether oxygens (including phenoxy) is 4. The third kappa shape index (κ3) is 7.28. The zero-order valence-electron chi connectivity index (χ0n) is 22.2. The van der Waals surface area contributed by atoms with Crippen molar-refractivity contribution >= 4 is 18.0 Å². The summed E-state index contributed by atoms with van der Waals surface area (Å²) in [5, 5.41) is 61.1. The van der Waals surface area contributed by atoms with Crippen molar-refractivity contribution < 1.29 is 54.1 Å². The molecule has 42 heavy (non-hydrogen) atoms. The summed E-state index contributed by atoms with van der Waals surface area (Å²) in [7, 11) is 0. The second-order valence-electron chi connectivity index (χ2n) is 9.73. The second-order valence-corrected chi connectivity index (χ2v) is 9.73. The number of benzene rings is 2. The summed E-state index contributed by atoms with van der Waals surface area (Å²) in [4.78, 5) is 25.7. The van der Waals surface area contributed by atoms with Gasteiger partial charge < -0.3 is 44.5 Å². The van der Waals surface area contributed by atoms with Gasteiger partial charge in [0.15, 0.2) is 12.4 Å². The first kappa shape index (κ1) is 31.0. The molecule has 1 aliphatic carbocycles. The second kappa shape index (κ2) is 14.3. The van der Waals surface area contributed by atoms with E-state index in [9.17, 15) is 40.4 Å². The van der Waals surface area contributed by atoms with Crippen LogP contribution in [-0.2, 0) is 23.7 Å². The van der Waals surface area contributed by atoms with Gasteiger partial charge in [0.1, 0.15) is 36.6 Å². The first-order valence-electron chi connectivity index (χ1n) is 13.2. The van der Waals surface area contributed by atoms with Gasteiger partial charge >= 0.3 is 11.9 Å². The predicted octanol–water partition coefficient (Wildman–Crippen LogP) is 0.237. The van der Waals surface area contributed by atoms with E-state index in [-0.39, 0.29) is 17.6 Å². The number of hydrogen-bond donors (Lipinski definition) is 5. The Kier molecular flexibility index (Phi) is 10.6. The number of nitrogens with zero attached hydrogens (tertiary/aromatic N) is 1. The molecule has 12 nitrogen and oxygen atoms in total. The molecule has 4 rings (SSSR count). The van der Waals surface area contributed by atoms with Crippen LogP contribution in [0.2, 0.25) is 0 Å². The standard InChI is InChI=1S/C30H31NO11/c31-14-13-19-20(40-30-27(37)26(36)24(34)22(16-32)41-30)15-21(39-29(38)18-9-5-2-6-10-18)25(35)28(19)42-23(33)12-11-17-7-3-1-4-8-17/h1-13,20-22,24-28,30,32,34-37H,15-16H2/b12-11+,19-13-/t20-,21+,22-,24-,25+,26+,27-,28+,30-/m1/s1. The molecular formula is C30H31NO11. The van der Waals surface area contributed by atoms with Crippen LogP contribution in [0.4, 0.5) is 0 Å². The summed E-state index contributed by atoms with van der Waals surface area (Å²) < 4.78 is 22.4. The van der Waals surface area contributed by atoms with Crippen molar-refractivity contribution in [2.75, 3.05) is 6.61 Å². The Morgan fingerprint density at radius 2 is 1.60 bits per heavy atom. The molecule has 0 spiro atoms. The van der Waals surface area contributed by atoms with Crippen molar-refractivity contribution in [1.82, 2.24) is 0 Å². The van der Waals surface area contributed by atoms with Crippen LogP contribution < -0.4 is 0 Å². The number of esters is 2. The average molecular weight is 582 g/mol. The molecule has 0 aromatic heterocycles. The number of rotatable bonds is 8. The largest absolute Gasteiger partial charge is 0.456 e. The highest BCUT2D eigenvalue weighted by atomic mass is 16.7. The third-order valence-corrected chi connectivity index (χ3v) is 6.94. The summed E-state index contributed by atoms with van der Waals surface area (Å²) in [6, 6.07) is 18.6. The van der Waals surface area contributed by atoms with Crippen molar-refractivity contribution in [3.05, 3.63) is 89.5 Å². The van der Waals surface area contributed by atoms with Crippen LogP contribution >= 0.6 is 0 Å². The van der Waals surface area contributed by atoms with Crippen LogP contribution in [-0.4, -0.2) is 99.2 Å². The van der Waals surface area contributed by atoms with Crippen molar-refractivity contribution in [3.8, 4) is 6.07 Å². The van der Waals surface area contributed by atoms with Crippen LogP contribution in [0.15, 0.2) is 78.4 Å². The molecule has 2 fully saturated rings. The predicted molar refractivity (Wildman–Crippen MR) is 144 cm³/mol. The minimum Gasteiger partial charge on any atom is -0.456 e. The summed E-state index contributed by atoms with van der Waals surface area (Å²) >= 11 is 0. The molecule has 0 bridgehead atoms. The summed E-state index contributed by atoms with van der Waals surface area (Å²) in [6.07, 6.45) is -10.5. The fraction of sp³-hybridized carbons (Fsp3) is 0.367. The Morgan fingerprint density at radius 3 is 2.24 bits per heavy atom. The Balaban J connectivity index is 1.62. The molecule has 5 N–H and O–H groups in total. The SMILES string of the molecule is N#C/C=C1/[C@H](O[C@@H]2O[C@H](CO)[C@@H](O)[C@H](O)[C@H]2O)C[C@H](OC(=O)c2ccccc2)[C@H](O)[C@H]1OC(=O)/C=C/c1ccccc1. The van der Waals surface area contributed by atoms with Gasteiger partial charge in [0.2, 0.25) is 0 Å². The third-order valence-electron chi connectivity index (χ3n) is 6.94. The van der Waals surface area contributed by atoms with E-state index in [0.717, 1.165) is 12.2 Å². The fourth-order valence-corrected chi connectivity index (χ4v) is 4.72. The summed E-state index contributed by atoms with van der Waals surface area (Å²) in [5.74, 6) is -1.67. The normalized spacial score (nSPS) is 32.3. The zero-order chi connectivity index (χ0) is 30.2. The molecule has 2 aliphatic rings. The summed E-state index contributed by atoms with van der Waals surface area (Å²) in [6.45, 7) is -0.708. The maximum Gasteiger partial charge on any atom is 0.338 e. The molecule has 222 valence electrons.